The number of ether oxygens (including phenoxy) is 2. The number of aryl methyl sites for hydroxylation is 2. The number of methoxy groups -OCH3 is 1. The molecular formula is C29H31BN2O3. The first-order valence-corrected chi connectivity index (χ1v) is 12.8. The summed E-state index contributed by atoms with van der Waals surface area (Å²) in [6.07, 6.45) is 4.06. The lowest BCUT2D eigenvalue weighted by atomic mass is 9.80. The number of carbonyl (C=O) groups excluding carboxylic acids is 1. The van der Waals surface area contributed by atoms with Crippen molar-refractivity contribution in [1.29, 1.82) is 0 Å². The molecule has 6 rings (SSSR count). The summed E-state index contributed by atoms with van der Waals surface area (Å²) in [7, 11) is 3.85. The Morgan fingerprint density at radius 3 is 2.77 bits per heavy atom. The maximum Gasteiger partial charge on any atom is 0.252 e. The maximum absolute atomic E-state index is 13.2. The second-order valence-corrected chi connectivity index (χ2v) is 9.77. The number of nitrogens with zero attached hydrogens (tertiary/aromatic N) is 1. The number of amides is 1. The highest BCUT2D eigenvalue weighted by atomic mass is 16.5. The molecule has 0 spiro atoms. The molecule has 0 fully saturated rings. The van der Waals surface area contributed by atoms with Gasteiger partial charge >= 0.3 is 0 Å². The van der Waals surface area contributed by atoms with Gasteiger partial charge in [-0.3, -0.25) is 4.79 Å². The van der Waals surface area contributed by atoms with Gasteiger partial charge < -0.3 is 19.4 Å². The highest BCUT2D eigenvalue weighted by Gasteiger charge is 2.34. The van der Waals surface area contributed by atoms with Gasteiger partial charge in [-0.25, -0.2) is 0 Å². The van der Waals surface area contributed by atoms with Crippen LogP contribution in [0.3, 0.4) is 0 Å². The number of benzene rings is 3. The third-order valence-electron chi connectivity index (χ3n) is 7.64. The van der Waals surface area contributed by atoms with Gasteiger partial charge in [0, 0.05) is 41.5 Å². The van der Waals surface area contributed by atoms with Gasteiger partial charge in [0.25, 0.3) is 5.91 Å². The van der Waals surface area contributed by atoms with Crippen molar-refractivity contribution in [3.8, 4) is 16.9 Å². The molecule has 0 radical (unpaired) electrons. The van der Waals surface area contributed by atoms with Crippen LogP contribution in [0, 0.1) is 0 Å². The van der Waals surface area contributed by atoms with E-state index in [1.54, 1.807) is 7.11 Å². The van der Waals surface area contributed by atoms with E-state index in [0.717, 1.165) is 66.8 Å². The van der Waals surface area contributed by atoms with Crippen molar-refractivity contribution in [2.45, 2.75) is 45.7 Å². The molecule has 4 aromatic rings. The van der Waals surface area contributed by atoms with Crippen LogP contribution >= 0.6 is 0 Å². The van der Waals surface area contributed by atoms with Gasteiger partial charge in [-0.15, -0.1) is 0 Å². The Hall–Kier alpha value is -3.25. The zero-order chi connectivity index (χ0) is 24.1. The van der Waals surface area contributed by atoms with Gasteiger partial charge in [-0.05, 0) is 59.7 Å². The minimum atomic E-state index is 0.0401. The molecule has 0 atom stereocenters. The van der Waals surface area contributed by atoms with E-state index >= 15 is 0 Å². The molecule has 6 heteroatoms. The van der Waals surface area contributed by atoms with Gasteiger partial charge in [-0.1, -0.05) is 37.0 Å². The summed E-state index contributed by atoms with van der Waals surface area (Å²) in [5, 5.41) is 5.62. The SMILES string of the molecule is Bc1ccc2c(c1)c1c3c(c4c(c1n2CCOCCCC)CCc1cc(OC)ccc1-4)C(=O)NC3. The Kier molecular flexibility index (Phi) is 5.56. The summed E-state index contributed by atoms with van der Waals surface area (Å²) in [6, 6.07) is 13.0. The largest absolute Gasteiger partial charge is 0.497 e. The zero-order valence-electron chi connectivity index (χ0n) is 20.8. The zero-order valence-corrected chi connectivity index (χ0v) is 20.8. The molecule has 35 heavy (non-hydrogen) atoms. The number of unbranched alkanes of at least 4 members (excludes halogenated alkanes) is 1. The number of fused-ring (bicyclic) bond motifs is 10. The average molecular weight is 466 g/mol. The van der Waals surface area contributed by atoms with E-state index < -0.39 is 0 Å². The van der Waals surface area contributed by atoms with Crippen LogP contribution in [0.4, 0.5) is 0 Å². The molecule has 5 nitrogen and oxygen atoms in total. The standard InChI is InChI=1S/C29H31BN2O3/c1-3-4-12-35-13-11-32-24-10-6-18(30)15-22(24)26-23-16-31-29(33)27(23)25-20-9-7-19(34-2)14-17(20)5-8-21(25)28(26)32/h6-7,9-10,14-15H,3-5,8,11-13,16,30H2,1-2H3,(H,31,33). The van der Waals surface area contributed by atoms with Crippen molar-refractivity contribution in [1.82, 2.24) is 9.88 Å². The molecule has 178 valence electrons. The average Bonchev–Trinajstić information content (AvgIpc) is 3.41. The lowest BCUT2D eigenvalue weighted by Crippen LogP contribution is -2.16. The smallest absolute Gasteiger partial charge is 0.252 e. The molecule has 3 aromatic carbocycles. The molecule has 0 saturated heterocycles. The number of hydrogen-bond donors (Lipinski definition) is 1. The van der Waals surface area contributed by atoms with Crippen molar-refractivity contribution in [2.24, 2.45) is 0 Å². The molecule has 1 aliphatic carbocycles. The predicted octanol–water partition coefficient (Wildman–Crippen LogP) is 3.89. The van der Waals surface area contributed by atoms with Crippen LogP contribution in [0.1, 0.15) is 46.8 Å². The van der Waals surface area contributed by atoms with Crippen molar-refractivity contribution in [2.75, 3.05) is 20.3 Å². The maximum atomic E-state index is 13.2. The summed E-state index contributed by atoms with van der Waals surface area (Å²) in [5.41, 5.74) is 10.5. The third kappa shape index (κ3) is 3.46. The molecule has 1 amide bonds. The minimum Gasteiger partial charge on any atom is -0.497 e. The van der Waals surface area contributed by atoms with E-state index in [4.69, 9.17) is 9.47 Å². The van der Waals surface area contributed by atoms with Crippen LogP contribution < -0.4 is 15.5 Å². The highest BCUT2D eigenvalue weighted by molar-refractivity contribution is 6.34. The van der Waals surface area contributed by atoms with Gasteiger partial charge in [0.2, 0.25) is 0 Å². The quantitative estimate of drug-likeness (QED) is 0.332. The normalized spacial score (nSPS) is 14.2. The number of hydrogen-bond acceptors (Lipinski definition) is 3. The molecule has 2 aliphatic rings. The van der Waals surface area contributed by atoms with Gasteiger partial charge in [0.15, 0.2) is 0 Å². The summed E-state index contributed by atoms with van der Waals surface area (Å²) < 4.78 is 14.0. The van der Waals surface area contributed by atoms with Crippen molar-refractivity contribution in [3.63, 3.8) is 0 Å². The van der Waals surface area contributed by atoms with E-state index in [1.165, 1.54) is 38.4 Å². The van der Waals surface area contributed by atoms with Gasteiger partial charge in [-0.2, -0.15) is 0 Å². The predicted molar refractivity (Wildman–Crippen MR) is 144 cm³/mol. The Morgan fingerprint density at radius 1 is 1.06 bits per heavy atom. The third-order valence-corrected chi connectivity index (χ3v) is 7.64. The van der Waals surface area contributed by atoms with Crippen molar-refractivity contribution < 1.29 is 14.3 Å². The van der Waals surface area contributed by atoms with Crippen molar-refractivity contribution >= 4 is 41.0 Å². The van der Waals surface area contributed by atoms with E-state index in [1.807, 2.05) is 6.07 Å². The number of aromatic nitrogens is 1. The van der Waals surface area contributed by atoms with Crippen LogP contribution in [0.25, 0.3) is 32.9 Å². The monoisotopic (exact) mass is 466 g/mol. The summed E-state index contributed by atoms with van der Waals surface area (Å²) in [5.74, 6) is 0.904. The molecule has 1 aliphatic heterocycles. The van der Waals surface area contributed by atoms with Crippen molar-refractivity contribution in [3.05, 3.63) is 58.7 Å². The fourth-order valence-corrected chi connectivity index (χ4v) is 6.00. The van der Waals surface area contributed by atoms with Crippen LogP contribution in [-0.4, -0.2) is 38.6 Å². The Balaban J connectivity index is 1.64. The summed E-state index contributed by atoms with van der Waals surface area (Å²) in [4.78, 5) is 13.2. The minimum absolute atomic E-state index is 0.0401. The summed E-state index contributed by atoms with van der Waals surface area (Å²) >= 11 is 0. The fraction of sp³-hybridized carbons (Fsp3) is 0.345. The van der Waals surface area contributed by atoms with Crippen LogP contribution in [-0.2, 0) is 30.7 Å². The second kappa shape index (κ2) is 8.76. The van der Waals surface area contributed by atoms with Gasteiger partial charge in [0.1, 0.15) is 13.6 Å². The van der Waals surface area contributed by atoms with E-state index in [-0.39, 0.29) is 5.91 Å². The summed E-state index contributed by atoms with van der Waals surface area (Å²) in [6.45, 7) is 5.05. The number of carbonyl (C=O) groups is 1. The Labute approximate surface area is 206 Å². The number of rotatable bonds is 7. The lowest BCUT2D eigenvalue weighted by Gasteiger charge is -2.25. The highest BCUT2D eigenvalue weighted by Crippen LogP contribution is 2.47. The first-order chi connectivity index (χ1) is 17.1. The first-order valence-electron chi connectivity index (χ1n) is 12.8. The van der Waals surface area contributed by atoms with E-state index in [2.05, 4.69) is 55.0 Å². The molecule has 0 unspecified atom stereocenters. The molecular weight excluding hydrogens is 435 g/mol. The molecule has 0 bridgehead atoms. The van der Waals surface area contributed by atoms with Crippen LogP contribution in [0.5, 0.6) is 5.75 Å². The number of nitrogens with one attached hydrogen (secondary N) is 1. The Morgan fingerprint density at radius 2 is 1.94 bits per heavy atom. The second-order valence-electron chi connectivity index (χ2n) is 9.77. The van der Waals surface area contributed by atoms with Gasteiger partial charge in [0.05, 0.1) is 24.8 Å². The van der Waals surface area contributed by atoms with E-state index in [9.17, 15) is 4.79 Å². The molecule has 1 aromatic heterocycles. The fourth-order valence-electron chi connectivity index (χ4n) is 6.00. The molecule has 1 N–H and O–H groups in total. The molecule has 0 saturated carbocycles. The van der Waals surface area contributed by atoms with E-state index in [0.29, 0.717) is 13.2 Å². The topological polar surface area (TPSA) is 52.5 Å². The van der Waals surface area contributed by atoms with Crippen LogP contribution in [0.15, 0.2) is 36.4 Å². The molecule has 2 heterocycles. The lowest BCUT2D eigenvalue weighted by molar-refractivity contribution is 0.0966. The Bertz CT molecular complexity index is 1490. The first kappa shape index (κ1) is 22.2. The van der Waals surface area contributed by atoms with Crippen LogP contribution in [0.2, 0.25) is 0 Å².